The van der Waals surface area contributed by atoms with Crippen molar-refractivity contribution in [3.8, 4) is 23.0 Å². The summed E-state index contributed by atoms with van der Waals surface area (Å²) in [5, 5.41) is 18.9. The second-order valence-electron chi connectivity index (χ2n) is 4.51. The SMILES string of the molecule is COc1cc(/C=C/C(=O)c2ccc(O)cc2OC)ccc1O. The Kier molecular flexibility index (Phi) is 4.68. The van der Waals surface area contributed by atoms with E-state index in [0.717, 1.165) is 0 Å². The Bertz CT molecular complexity index is 719. The molecule has 5 heteroatoms. The predicted octanol–water partition coefficient (Wildman–Crippen LogP) is 3.01. The Morgan fingerprint density at radius 2 is 1.73 bits per heavy atom. The number of phenolic OH excluding ortho intramolecular Hbond substituents is 2. The summed E-state index contributed by atoms with van der Waals surface area (Å²) in [4.78, 5) is 12.2. The molecule has 0 fully saturated rings. The number of methoxy groups -OCH3 is 2. The Hall–Kier alpha value is -2.95. The first-order valence-electron chi connectivity index (χ1n) is 6.51. The molecule has 114 valence electrons. The lowest BCUT2D eigenvalue weighted by Crippen LogP contribution is -1.98. The molecule has 0 spiro atoms. The fourth-order valence-corrected chi connectivity index (χ4v) is 1.94. The summed E-state index contributed by atoms with van der Waals surface area (Å²) >= 11 is 0. The van der Waals surface area contributed by atoms with Gasteiger partial charge in [0.2, 0.25) is 0 Å². The van der Waals surface area contributed by atoms with Gasteiger partial charge in [-0.3, -0.25) is 4.79 Å². The fraction of sp³-hybridized carbons (Fsp3) is 0.118. The molecule has 0 unspecified atom stereocenters. The number of hydrogen-bond donors (Lipinski definition) is 2. The smallest absolute Gasteiger partial charge is 0.189 e. The topological polar surface area (TPSA) is 76.0 Å². The molecule has 0 heterocycles. The lowest BCUT2D eigenvalue weighted by molar-refractivity contribution is 0.104. The zero-order valence-electron chi connectivity index (χ0n) is 12.2. The molecule has 0 bridgehead atoms. The van der Waals surface area contributed by atoms with Crippen molar-refractivity contribution in [3.05, 3.63) is 53.6 Å². The molecule has 0 radical (unpaired) electrons. The van der Waals surface area contributed by atoms with Crippen molar-refractivity contribution in [2.45, 2.75) is 0 Å². The van der Waals surface area contributed by atoms with Gasteiger partial charge in [0.15, 0.2) is 17.3 Å². The van der Waals surface area contributed by atoms with Crippen molar-refractivity contribution in [1.82, 2.24) is 0 Å². The third kappa shape index (κ3) is 3.38. The molecule has 2 N–H and O–H groups in total. The van der Waals surface area contributed by atoms with E-state index in [1.807, 2.05) is 0 Å². The monoisotopic (exact) mass is 300 g/mol. The van der Waals surface area contributed by atoms with Gasteiger partial charge in [0.05, 0.1) is 19.8 Å². The Morgan fingerprint density at radius 1 is 1.00 bits per heavy atom. The standard InChI is InChI=1S/C17H16O5/c1-21-16-10-12(18)5-6-13(16)14(19)7-3-11-4-8-15(20)17(9-11)22-2/h3-10,18,20H,1-2H3/b7-3+. The minimum atomic E-state index is -0.260. The average Bonchev–Trinajstić information content (AvgIpc) is 2.53. The Morgan fingerprint density at radius 3 is 2.41 bits per heavy atom. The van der Waals surface area contributed by atoms with E-state index in [2.05, 4.69) is 0 Å². The normalized spacial score (nSPS) is 10.6. The van der Waals surface area contributed by atoms with Crippen molar-refractivity contribution < 1.29 is 24.5 Å². The molecular formula is C17H16O5. The summed E-state index contributed by atoms with van der Waals surface area (Å²) in [5.41, 5.74) is 1.06. The summed E-state index contributed by atoms with van der Waals surface area (Å²) in [6, 6.07) is 9.07. The summed E-state index contributed by atoms with van der Waals surface area (Å²) in [6.07, 6.45) is 3.00. The van der Waals surface area contributed by atoms with Crippen LogP contribution in [-0.2, 0) is 0 Å². The van der Waals surface area contributed by atoms with E-state index in [1.54, 1.807) is 18.2 Å². The predicted molar refractivity (Wildman–Crippen MR) is 82.7 cm³/mol. The highest BCUT2D eigenvalue weighted by molar-refractivity contribution is 6.08. The molecule has 0 aliphatic heterocycles. The van der Waals surface area contributed by atoms with Crippen LogP contribution in [0.3, 0.4) is 0 Å². The van der Waals surface area contributed by atoms with Gasteiger partial charge in [-0.1, -0.05) is 12.1 Å². The number of benzene rings is 2. The van der Waals surface area contributed by atoms with Gasteiger partial charge in [-0.05, 0) is 35.9 Å². The minimum Gasteiger partial charge on any atom is -0.508 e. The molecule has 0 atom stereocenters. The van der Waals surface area contributed by atoms with Crippen LogP contribution in [0.4, 0.5) is 0 Å². The van der Waals surface area contributed by atoms with Crippen LogP contribution < -0.4 is 9.47 Å². The van der Waals surface area contributed by atoms with E-state index in [0.29, 0.717) is 22.6 Å². The number of rotatable bonds is 5. The van der Waals surface area contributed by atoms with Crippen molar-refractivity contribution >= 4 is 11.9 Å². The number of phenols is 2. The van der Waals surface area contributed by atoms with E-state index in [1.165, 1.54) is 44.6 Å². The molecule has 22 heavy (non-hydrogen) atoms. The molecule has 0 aliphatic rings. The molecule has 0 amide bonds. The number of hydrogen-bond acceptors (Lipinski definition) is 5. The quantitative estimate of drug-likeness (QED) is 0.655. The number of carbonyl (C=O) groups excluding carboxylic acids is 1. The number of allylic oxidation sites excluding steroid dienone is 1. The molecule has 2 rings (SSSR count). The van der Waals surface area contributed by atoms with Crippen LogP contribution in [-0.4, -0.2) is 30.2 Å². The van der Waals surface area contributed by atoms with Gasteiger partial charge in [0.1, 0.15) is 11.5 Å². The van der Waals surface area contributed by atoms with E-state index in [9.17, 15) is 15.0 Å². The first-order valence-corrected chi connectivity index (χ1v) is 6.51. The molecule has 0 aromatic heterocycles. The van der Waals surface area contributed by atoms with E-state index < -0.39 is 0 Å². The second kappa shape index (κ2) is 6.67. The molecule has 0 saturated heterocycles. The van der Waals surface area contributed by atoms with Crippen LogP contribution in [0.2, 0.25) is 0 Å². The Balaban J connectivity index is 2.25. The molecule has 2 aromatic carbocycles. The zero-order valence-corrected chi connectivity index (χ0v) is 12.2. The molecular weight excluding hydrogens is 284 g/mol. The summed E-state index contributed by atoms with van der Waals surface area (Å²) < 4.78 is 10.1. The Labute approximate surface area is 128 Å². The highest BCUT2D eigenvalue weighted by Crippen LogP contribution is 2.27. The zero-order chi connectivity index (χ0) is 16.1. The summed E-state index contributed by atoms with van der Waals surface area (Å²) in [6.45, 7) is 0. The highest BCUT2D eigenvalue weighted by atomic mass is 16.5. The molecule has 0 aliphatic carbocycles. The average molecular weight is 300 g/mol. The van der Waals surface area contributed by atoms with Crippen molar-refractivity contribution in [1.29, 1.82) is 0 Å². The van der Waals surface area contributed by atoms with Crippen LogP contribution in [0.25, 0.3) is 6.08 Å². The fourth-order valence-electron chi connectivity index (χ4n) is 1.94. The minimum absolute atomic E-state index is 0.0284. The van der Waals surface area contributed by atoms with Gasteiger partial charge in [0, 0.05) is 6.07 Å². The van der Waals surface area contributed by atoms with E-state index >= 15 is 0 Å². The first kappa shape index (κ1) is 15.4. The van der Waals surface area contributed by atoms with Crippen molar-refractivity contribution in [2.75, 3.05) is 14.2 Å². The summed E-state index contributed by atoms with van der Waals surface area (Å²) in [5.74, 6) is 0.436. The second-order valence-corrected chi connectivity index (χ2v) is 4.51. The number of aromatic hydroxyl groups is 2. The first-order chi connectivity index (χ1) is 10.5. The van der Waals surface area contributed by atoms with Crippen LogP contribution in [0.5, 0.6) is 23.0 Å². The lowest BCUT2D eigenvalue weighted by Gasteiger charge is -2.06. The molecule has 0 saturated carbocycles. The summed E-state index contributed by atoms with van der Waals surface area (Å²) in [7, 11) is 2.88. The van der Waals surface area contributed by atoms with E-state index in [4.69, 9.17) is 9.47 Å². The van der Waals surface area contributed by atoms with Gasteiger partial charge in [-0.25, -0.2) is 0 Å². The highest BCUT2D eigenvalue weighted by Gasteiger charge is 2.10. The number of ether oxygens (including phenoxy) is 2. The number of carbonyl (C=O) groups is 1. The van der Waals surface area contributed by atoms with Gasteiger partial charge < -0.3 is 19.7 Å². The van der Waals surface area contributed by atoms with Crippen LogP contribution in [0, 0.1) is 0 Å². The maximum atomic E-state index is 12.2. The molecule has 2 aromatic rings. The maximum Gasteiger partial charge on any atom is 0.189 e. The van der Waals surface area contributed by atoms with Crippen LogP contribution >= 0.6 is 0 Å². The van der Waals surface area contributed by atoms with Crippen LogP contribution in [0.1, 0.15) is 15.9 Å². The van der Waals surface area contributed by atoms with Gasteiger partial charge >= 0.3 is 0 Å². The third-order valence-corrected chi connectivity index (χ3v) is 3.08. The maximum absolute atomic E-state index is 12.2. The van der Waals surface area contributed by atoms with Gasteiger partial charge in [0.25, 0.3) is 0 Å². The largest absolute Gasteiger partial charge is 0.508 e. The van der Waals surface area contributed by atoms with Gasteiger partial charge in [-0.15, -0.1) is 0 Å². The third-order valence-electron chi connectivity index (χ3n) is 3.08. The number of ketones is 1. The molecule has 5 nitrogen and oxygen atoms in total. The van der Waals surface area contributed by atoms with Gasteiger partial charge in [-0.2, -0.15) is 0 Å². The van der Waals surface area contributed by atoms with Crippen molar-refractivity contribution in [2.24, 2.45) is 0 Å². The van der Waals surface area contributed by atoms with E-state index in [-0.39, 0.29) is 17.3 Å². The lowest BCUT2D eigenvalue weighted by atomic mass is 10.1. The van der Waals surface area contributed by atoms with Crippen LogP contribution in [0.15, 0.2) is 42.5 Å². The van der Waals surface area contributed by atoms with Crippen molar-refractivity contribution in [3.63, 3.8) is 0 Å².